The van der Waals surface area contributed by atoms with Gasteiger partial charge in [-0.25, -0.2) is 0 Å². The fraction of sp³-hybridized carbons (Fsp3) is 0.400. The lowest BCUT2D eigenvalue weighted by Crippen LogP contribution is -1.91. The van der Waals surface area contributed by atoms with Gasteiger partial charge in [0.15, 0.2) is 0 Å². The van der Waals surface area contributed by atoms with Gasteiger partial charge in [-0.15, -0.1) is 11.8 Å². The molecule has 78 valence electrons. The molecule has 0 heterocycles. The summed E-state index contributed by atoms with van der Waals surface area (Å²) in [7, 11) is 1.73. The first-order chi connectivity index (χ1) is 6.74. The van der Waals surface area contributed by atoms with Gasteiger partial charge >= 0.3 is 0 Å². The summed E-state index contributed by atoms with van der Waals surface area (Å²) < 4.78 is 6.22. The first-order valence-corrected chi connectivity index (χ1v) is 6.47. The Morgan fingerprint density at radius 1 is 1.50 bits per heavy atom. The van der Waals surface area contributed by atoms with E-state index in [4.69, 9.17) is 10.5 Å². The fourth-order valence-corrected chi connectivity index (χ4v) is 2.87. The van der Waals surface area contributed by atoms with E-state index >= 15 is 0 Å². The lowest BCUT2D eigenvalue weighted by Gasteiger charge is -2.04. The average molecular weight is 323 g/mol. The van der Waals surface area contributed by atoms with Crippen molar-refractivity contribution < 1.29 is 4.74 Å². The molecule has 1 aromatic rings. The van der Waals surface area contributed by atoms with Crippen molar-refractivity contribution >= 4 is 40.0 Å². The van der Waals surface area contributed by atoms with Gasteiger partial charge in [0.2, 0.25) is 0 Å². The molecule has 0 bridgehead atoms. The quantitative estimate of drug-likeness (QED) is 0.392. The number of thioether (sulfide) groups is 1. The van der Waals surface area contributed by atoms with Crippen molar-refractivity contribution in [2.75, 3.05) is 25.2 Å². The Labute approximate surface area is 103 Å². The maximum absolute atomic E-state index is 5.67. The number of ether oxygens (including phenoxy) is 1. The van der Waals surface area contributed by atoms with E-state index in [0.29, 0.717) is 0 Å². The van der Waals surface area contributed by atoms with E-state index in [-0.39, 0.29) is 0 Å². The molecule has 0 unspecified atom stereocenters. The average Bonchev–Trinajstić information content (AvgIpc) is 2.15. The maximum Gasteiger partial charge on any atom is 0.0470 e. The number of hydrogen-bond donors (Lipinski definition) is 1. The van der Waals surface area contributed by atoms with E-state index < -0.39 is 0 Å². The lowest BCUT2D eigenvalue weighted by molar-refractivity contribution is 0.200. The first kappa shape index (κ1) is 12.1. The molecule has 0 saturated carbocycles. The molecule has 0 saturated heterocycles. The van der Waals surface area contributed by atoms with E-state index in [1.807, 2.05) is 23.9 Å². The predicted molar refractivity (Wildman–Crippen MR) is 70.8 cm³/mol. The number of halogens is 1. The minimum atomic E-state index is 0.829. The molecule has 1 aromatic carbocycles. The summed E-state index contributed by atoms with van der Waals surface area (Å²) in [6, 6.07) is 6.02. The molecule has 0 aliphatic carbocycles. The van der Waals surface area contributed by atoms with E-state index in [1.54, 1.807) is 7.11 Å². The minimum Gasteiger partial charge on any atom is -0.399 e. The summed E-state index contributed by atoms with van der Waals surface area (Å²) in [6.45, 7) is 0.832. The number of hydrogen-bond acceptors (Lipinski definition) is 3. The van der Waals surface area contributed by atoms with Gasteiger partial charge in [-0.3, -0.25) is 0 Å². The minimum absolute atomic E-state index is 0.829. The number of methoxy groups -OCH3 is 1. The zero-order valence-electron chi connectivity index (χ0n) is 8.13. The van der Waals surface area contributed by atoms with Gasteiger partial charge in [0.1, 0.15) is 0 Å². The van der Waals surface area contributed by atoms with Gasteiger partial charge in [0.05, 0.1) is 0 Å². The number of nitrogens with two attached hydrogens (primary N) is 1. The normalized spacial score (nSPS) is 10.4. The molecule has 14 heavy (non-hydrogen) atoms. The summed E-state index contributed by atoms with van der Waals surface area (Å²) in [5.41, 5.74) is 6.50. The Morgan fingerprint density at radius 2 is 2.29 bits per heavy atom. The van der Waals surface area contributed by atoms with Gasteiger partial charge in [-0.1, -0.05) is 0 Å². The number of anilines is 1. The van der Waals surface area contributed by atoms with Crippen LogP contribution in [0.5, 0.6) is 0 Å². The molecule has 0 amide bonds. The van der Waals surface area contributed by atoms with Crippen LogP contribution in [0.1, 0.15) is 6.42 Å². The zero-order valence-corrected chi connectivity index (χ0v) is 11.1. The summed E-state index contributed by atoms with van der Waals surface area (Å²) in [5.74, 6) is 1.09. The molecule has 1 rings (SSSR count). The molecule has 0 aliphatic rings. The van der Waals surface area contributed by atoms with Crippen molar-refractivity contribution in [3.63, 3.8) is 0 Å². The number of nitrogen functional groups attached to an aromatic ring is 1. The van der Waals surface area contributed by atoms with E-state index in [1.165, 1.54) is 8.47 Å². The molecule has 0 fully saturated rings. The summed E-state index contributed by atoms with van der Waals surface area (Å²) in [6.07, 6.45) is 1.08. The van der Waals surface area contributed by atoms with Crippen LogP contribution in [0.3, 0.4) is 0 Å². The molecule has 0 radical (unpaired) electrons. The van der Waals surface area contributed by atoms with Crippen LogP contribution in [0.4, 0.5) is 5.69 Å². The highest BCUT2D eigenvalue weighted by Crippen LogP contribution is 2.26. The highest BCUT2D eigenvalue weighted by atomic mass is 127. The largest absolute Gasteiger partial charge is 0.399 e. The lowest BCUT2D eigenvalue weighted by atomic mass is 10.3. The molecular formula is C10H14INOS. The Hall–Kier alpha value is 0.0600. The van der Waals surface area contributed by atoms with Crippen molar-refractivity contribution in [3.05, 3.63) is 21.8 Å². The van der Waals surface area contributed by atoms with Crippen LogP contribution in [0.15, 0.2) is 23.1 Å². The fourth-order valence-electron chi connectivity index (χ4n) is 1.02. The molecule has 2 nitrogen and oxygen atoms in total. The maximum atomic E-state index is 5.67. The highest BCUT2D eigenvalue weighted by molar-refractivity contribution is 14.1. The van der Waals surface area contributed by atoms with Gasteiger partial charge in [-0.2, -0.15) is 0 Å². The third kappa shape index (κ3) is 4.06. The monoisotopic (exact) mass is 323 g/mol. The Balaban J connectivity index is 2.42. The first-order valence-electron chi connectivity index (χ1n) is 4.41. The standard InChI is InChI=1S/C10H14INOS/c1-13-5-2-6-14-10-4-3-8(12)7-9(10)11/h3-4,7H,2,5-6,12H2,1H3. The molecule has 4 heteroatoms. The summed E-state index contributed by atoms with van der Waals surface area (Å²) >= 11 is 4.17. The summed E-state index contributed by atoms with van der Waals surface area (Å²) in [5, 5.41) is 0. The van der Waals surface area contributed by atoms with Crippen molar-refractivity contribution in [2.24, 2.45) is 0 Å². The van der Waals surface area contributed by atoms with Gasteiger partial charge in [0.25, 0.3) is 0 Å². The van der Waals surface area contributed by atoms with Crippen LogP contribution in [-0.4, -0.2) is 19.5 Å². The van der Waals surface area contributed by atoms with Crippen LogP contribution in [0, 0.1) is 3.57 Å². The van der Waals surface area contributed by atoms with Crippen LogP contribution in [0.25, 0.3) is 0 Å². The van der Waals surface area contributed by atoms with Crippen molar-refractivity contribution in [1.29, 1.82) is 0 Å². The van der Waals surface area contributed by atoms with Crippen LogP contribution >= 0.6 is 34.4 Å². The van der Waals surface area contributed by atoms with Crippen LogP contribution in [0.2, 0.25) is 0 Å². The Kier molecular flexibility index (Phi) is 5.66. The van der Waals surface area contributed by atoms with E-state index in [2.05, 4.69) is 28.7 Å². The molecule has 0 aromatic heterocycles. The number of benzene rings is 1. The third-order valence-corrected chi connectivity index (χ3v) is 4.12. The van der Waals surface area contributed by atoms with Crippen molar-refractivity contribution in [2.45, 2.75) is 11.3 Å². The smallest absolute Gasteiger partial charge is 0.0470 e. The highest BCUT2D eigenvalue weighted by Gasteiger charge is 2.00. The predicted octanol–water partition coefficient (Wildman–Crippen LogP) is 3.00. The van der Waals surface area contributed by atoms with E-state index in [9.17, 15) is 0 Å². The third-order valence-electron chi connectivity index (χ3n) is 1.71. The molecular weight excluding hydrogens is 309 g/mol. The van der Waals surface area contributed by atoms with Crippen LogP contribution < -0.4 is 5.73 Å². The summed E-state index contributed by atoms with van der Waals surface area (Å²) in [4.78, 5) is 1.30. The molecule has 0 spiro atoms. The van der Waals surface area contributed by atoms with Crippen molar-refractivity contribution in [3.8, 4) is 0 Å². The molecule has 0 aliphatic heterocycles. The van der Waals surface area contributed by atoms with Gasteiger partial charge < -0.3 is 10.5 Å². The Bertz CT molecular complexity index is 293. The second kappa shape index (κ2) is 6.53. The van der Waals surface area contributed by atoms with Crippen molar-refractivity contribution in [1.82, 2.24) is 0 Å². The number of rotatable bonds is 5. The van der Waals surface area contributed by atoms with Crippen LogP contribution in [-0.2, 0) is 4.74 Å². The SMILES string of the molecule is COCCCSc1ccc(N)cc1I. The van der Waals surface area contributed by atoms with Gasteiger partial charge in [0, 0.05) is 33.6 Å². The second-order valence-electron chi connectivity index (χ2n) is 2.88. The van der Waals surface area contributed by atoms with E-state index in [0.717, 1.165) is 24.5 Å². The zero-order chi connectivity index (χ0) is 10.4. The topological polar surface area (TPSA) is 35.2 Å². The molecule has 0 atom stereocenters. The van der Waals surface area contributed by atoms with Gasteiger partial charge in [-0.05, 0) is 47.2 Å². The molecule has 2 N–H and O–H groups in total. The second-order valence-corrected chi connectivity index (χ2v) is 5.18. The Morgan fingerprint density at radius 3 is 2.93 bits per heavy atom.